The number of sulfonamides is 1. The predicted octanol–water partition coefficient (Wildman–Crippen LogP) is 2.37. The van der Waals surface area contributed by atoms with Crippen LogP contribution >= 0.6 is 0 Å². The first kappa shape index (κ1) is 15.3. The van der Waals surface area contributed by atoms with E-state index in [1.165, 1.54) is 0 Å². The zero-order valence-electron chi connectivity index (χ0n) is 12.7. The van der Waals surface area contributed by atoms with Crippen LogP contribution in [0.2, 0.25) is 0 Å². The maximum absolute atomic E-state index is 12.5. The van der Waals surface area contributed by atoms with Gasteiger partial charge in [-0.2, -0.15) is 0 Å². The SMILES string of the molecule is CC(C)S(=O)(=O)N1CCCc2c1cccc2C(C)(C)N. The Morgan fingerprint density at radius 3 is 2.50 bits per heavy atom. The number of hydrogen-bond acceptors (Lipinski definition) is 3. The van der Waals surface area contributed by atoms with Gasteiger partial charge >= 0.3 is 0 Å². The Bertz CT molecular complexity index is 601. The summed E-state index contributed by atoms with van der Waals surface area (Å²) in [6, 6.07) is 5.80. The van der Waals surface area contributed by atoms with Gasteiger partial charge in [0.25, 0.3) is 0 Å². The highest BCUT2D eigenvalue weighted by Gasteiger charge is 2.32. The van der Waals surface area contributed by atoms with E-state index in [1.807, 2.05) is 32.0 Å². The number of hydrogen-bond donors (Lipinski definition) is 1. The summed E-state index contributed by atoms with van der Waals surface area (Å²) in [5.74, 6) is 0. The van der Waals surface area contributed by atoms with Gasteiger partial charge in [-0.05, 0) is 57.7 Å². The standard InChI is InChI=1S/C15H24N2O2S/c1-11(2)20(18,19)17-10-6-7-12-13(15(3,4)16)8-5-9-14(12)17/h5,8-9,11H,6-7,10,16H2,1-4H3. The first-order valence-corrected chi connectivity index (χ1v) is 8.59. The molecule has 0 fully saturated rings. The van der Waals surface area contributed by atoms with Crippen molar-refractivity contribution in [2.24, 2.45) is 5.73 Å². The molecular weight excluding hydrogens is 272 g/mol. The molecule has 1 heterocycles. The average molecular weight is 296 g/mol. The lowest BCUT2D eigenvalue weighted by Gasteiger charge is -2.35. The molecule has 0 spiro atoms. The van der Waals surface area contributed by atoms with Gasteiger partial charge in [0.2, 0.25) is 10.0 Å². The second-order valence-electron chi connectivity index (χ2n) is 6.29. The lowest BCUT2D eigenvalue weighted by Crippen LogP contribution is -2.41. The van der Waals surface area contributed by atoms with Crippen LogP contribution in [0.25, 0.3) is 0 Å². The van der Waals surface area contributed by atoms with Crippen molar-refractivity contribution in [1.29, 1.82) is 0 Å². The minimum atomic E-state index is -3.28. The molecular formula is C15H24N2O2S. The Morgan fingerprint density at radius 2 is 1.95 bits per heavy atom. The maximum atomic E-state index is 12.5. The van der Waals surface area contributed by atoms with Gasteiger partial charge in [0.15, 0.2) is 0 Å². The van der Waals surface area contributed by atoms with Crippen molar-refractivity contribution in [1.82, 2.24) is 0 Å². The Hall–Kier alpha value is -1.07. The summed E-state index contributed by atoms with van der Waals surface area (Å²) >= 11 is 0. The molecule has 0 saturated carbocycles. The first-order valence-electron chi connectivity index (χ1n) is 7.08. The third kappa shape index (κ3) is 2.56. The highest BCUT2D eigenvalue weighted by atomic mass is 32.2. The summed E-state index contributed by atoms with van der Waals surface area (Å²) in [7, 11) is -3.28. The van der Waals surface area contributed by atoms with Gasteiger partial charge in [-0.1, -0.05) is 12.1 Å². The topological polar surface area (TPSA) is 63.4 Å². The molecule has 0 amide bonds. The van der Waals surface area contributed by atoms with Crippen molar-refractivity contribution in [3.05, 3.63) is 29.3 Å². The summed E-state index contributed by atoms with van der Waals surface area (Å²) < 4.78 is 26.6. The van der Waals surface area contributed by atoms with E-state index in [-0.39, 0.29) is 0 Å². The minimum Gasteiger partial charge on any atom is -0.322 e. The molecule has 0 unspecified atom stereocenters. The van der Waals surface area contributed by atoms with Crippen molar-refractivity contribution < 1.29 is 8.42 Å². The molecule has 20 heavy (non-hydrogen) atoms. The molecule has 0 bridgehead atoms. The predicted molar refractivity (Wildman–Crippen MR) is 83.4 cm³/mol. The van der Waals surface area contributed by atoms with Gasteiger partial charge in [-0.15, -0.1) is 0 Å². The number of nitrogens with zero attached hydrogens (tertiary/aromatic N) is 1. The fourth-order valence-electron chi connectivity index (χ4n) is 2.71. The minimum absolute atomic E-state index is 0.414. The molecule has 0 atom stereocenters. The van der Waals surface area contributed by atoms with Crippen molar-refractivity contribution in [2.45, 2.75) is 51.3 Å². The Morgan fingerprint density at radius 1 is 1.30 bits per heavy atom. The zero-order valence-corrected chi connectivity index (χ0v) is 13.5. The molecule has 4 nitrogen and oxygen atoms in total. The quantitative estimate of drug-likeness (QED) is 0.931. The summed E-state index contributed by atoms with van der Waals surface area (Å²) in [4.78, 5) is 0. The monoisotopic (exact) mass is 296 g/mol. The third-order valence-corrected chi connectivity index (χ3v) is 5.99. The van der Waals surface area contributed by atoms with E-state index in [4.69, 9.17) is 5.73 Å². The Balaban J connectivity index is 2.59. The molecule has 0 radical (unpaired) electrons. The number of benzene rings is 1. The van der Waals surface area contributed by atoms with E-state index in [1.54, 1.807) is 18.2 Å². The van der Waals surface area contributed by atoms with Crippen molar-refractivity contribution in [3.8, 4) is 0 Å². The van der Waals surface area contributed by atoms with E-state index in [9.17, 15) is 8.42 Å². The van der Waals surface area contributed by atoms with Gasteiger partial charge in [-0.3, -0.25) is 4.31 Å². The van der Waals surface area contributed by atoms with Crippen LogP contribution in [0.5, 0.6) is 0 Å². The molecule has 5 heteroatoms. The Labute approximate surface area is 122 Å². The van der Waals surface area contributed by atoms with Crippen molar-refractivity contribution >= 4 is 15.7 Å². The molecule has 1 aromatic carbocycles. The van der Waals surface area contributed by atoms with Crippen LogP contribution in [-0.4, -0.2) is 20.2 Å². The van der Waals surface area contributed by atoms with Crippen LogP contribution in [0.1, 0.15) is 45.2 Å². The molecule has 2 rings (SSSR count). The van der Waals surface area contributed by atoms with Crippen LogP contribution in [0.15, 0.2) is 18.2 Å². The molecule has 0 saturated heterocycles. The van der Waals surface area contributed by atoms with Crippen LogP contribution < -0.4 is 10.0 Å². The number of anilines is 1. The average Bonchev–Trinajstić information content (AvgIpc) is 2.35. The summed E-state index contributed by atoms with van der Waals surface area (Å²) in [5, 5.41) is -0.414. The second-order valence-corrected chi connectivity index (χ2v) is 8.71. The molecule has 0 aromatic heterocycles. The summed E-state index contributed by atoms with van der Waals surface area (Å²) in [6.45, 7) is 7.92. The smallest absolute Gasteiger partial charge is 0.237 e. The van der Waals surface area contributed by atoms with Gasteiger partial charge in [-0.25, -0.2) is 8.42 Å². The van der Waals surface area contributed by atoms with Gasteiger partial charge < -0.3 is 5.73 Å². The van der Waals surface area contributed by atoms with E-state index in [2.05, 4.69) is 0 Å². The largest absolute Gasteiger partial charge is 0.322 e. The molecule has 1 aliphatic rings. The second kappa shape index (κ2) is 5.04. The fraction of sp³-hybridized carbons (Fsp3) is 0.600. The first-order chi connectivity index (χ1) is 9.15. The number of nitrogens with two attached hydrogens (primary N) is 1. The van der Waals surface area contributed by atoms with E-state index in [0.717, 1.165) is 29.7 Å². The zero-order chi connectivity index (χ0) is 15.1. The number of fused-ring (bicyclic) bond motifs is 1. The maximum Gasteiger partial charge on any atom is 0.237 e. The molecule has 112 valence electrons. The van der Waals surface area contributed by atoms with E-state index in [0.29, 0.717) is 6.54 Å². The van der Waals surface area contributed by atoms with Gasteiger partial charge in [0.05, 0.1) is 10.9 Å². The van der Waals surface area contributed by atoms with Gasteiger partial charge in [0, 0.05) is 12.1 Å². The lowest BCUT2D eigenvalue weighted by atomic mass is 9.87. The van der Waals surface area contributed by atoms with Crippen molar-refractivity contribution in [3.63, 3.8) is 0 Å². The highest BCUT2D eigenvalue weighted by molar-refractivity contribution is 7.93. The van der Waals surface area contributed by atoms with Crippen LogP contribution in [0, 0.1) is 0 Å². The van der Waals surface area contributed by atoms with E-state index < -0.39 is 20.8 Å². The number of rotatable bonds is 3. The molecule has 2 N–H and O–H groups in total. The summed E-state index contributed by atoms with van der Waals surface area (Å²) in [6.07, 6.45) is 1.72. The fourth-order valence-corrected chi connectivity index (χ4v) is 4.05. The van der Waals surface area contributed by atoms with Crippen LogP contribution in [0.4, 0.5) is 5.69 Å². The van der Waals surface area contributed by atoms with E-state index >= 15 is 0 Å². The van der Waals surface area contributed by atoms with Gasteiger partial charge in [0.1, 0.15) is 0 Å². The molecule has 1 aromatic rings. The summed E-state index contributed by atoms with van der Waals surface area (Å²) in [5.41, 5.74) is 8.69. The third-order valence-electron chi connectivity index (χ3n) is 3.81. The van der Waals surface area contributed by atoms with Crippen molar-refractivity contribution in [2.75, 3.05) is 10.8 Å². The Kier molecular flexibility index (Phi) is 3.86. The highest BCUT2D eigenvalue weighted by Crippen LogP contribution is 2.36. The lowest BCUT2D eigenvalue weighted by molar-refractivity contribution is 0.542. The van der Waals surface area contributed by atoms with Crippen LogP contribution in [-0.2, 0) is 22.0 Å². The molecule has 0 aliphatic carbocycles. The molecule has 1 aliphatic heterocycles. The normalized spacial score (nSPS) is 16.4. The van der Waals surface area contributed by atoms with Crippen LogP contribution in [0.3, 0.4) is 0 Å².